The molecule has 1 unspecified atom stereocenters. The van der Waals surface area contributed by atoms with Gasteiger partial charge in [0.2, 0.25) is 0 Å². The monoisotopic (exact) mass is 235 g/mol. The number of methoxy groups -OCH3 is 1. The fourth-order valence-electron chi connectivity index (χ4n) is 2.31. The molecular weight excluding hydrogens is 218 g/mol. The van der Waals surface area contributed by atoms with E-state index in [2.05, 4.69) is 4.90 Å². The molecule has 0 radical (unpaired) electrons. The number of carbonyl (C=O) groups is 1. The van der Waals surface area contributed by atoms with Crippen LogP contribution in [0.15, 0.2) is 24.3 Å². The first-order valence-corrected chi connectivity index (χ1v) is 5.80. The van der Waals surface area contributed by atoms with Crippen molar-refractivity contribution < 1.29 is 14.6 Å². The van der Waals surface area contributed by atoms with Gasteiger partial charge in [-0.3, -0.25) is 9.69 Å². The zero-order valence-corrected chi connectivity index (χ0v) is 9.93. The van der Waals surface area contributed by atoms with Gasteiger partial charge in [0.1, 0.15) is 11.8 Å². The van der Waals surface area contributed by atoms with Crippen LogP contribution in [0, 0.1) is 0 Å². The highest BCUT2D eigenvalue weighted by atomic mass is 16.5. The average Bonchev–Trinajstić information content (AvgIpc) is 2.76. The number of esters is 1. The van der Waals surface area contributed by atoms with Gasteiger partial charge in [0.25, 0.3) is 0 Å². The third-order valence-corrected chi connectivity index (χ3v) is 3.13. The third-order valence-electron chi connectivity index (χ3n) is 3.13. The Kier molecular flexibility index (Phi) is 3.64. The largest absolute Gasteiger partial charge is 0.508 e. The van der Waals surface area contributed by atoms with Crippen LogP contribution in [0.2, 0.25) is 0 Å². The molecule has 1 saturated heterocycles. The smallest absolute Gasteiger partial charge is 0.323 e. The lowest BCUT2D eigenvalue weighted by Gasteiger charge is -2.22. The van der Waals surface area contributed by atoms with Gasteiger partial charge in [-0.05, 0) is 37.1 Å². The van der Waals surface area contributed by atoms with Crippen molar-refractivity contribution in [3.05, 3.63) is 29.8 Å². The van der Waals surface area contributed by atoms with Crippen LogP contribution in [-0.4, -0.2) is 35.7 Å². The van der Waals surface area contributed by atoms with E-state index in [0.717, 1.165) is 24.9 Å². The Morgan fingerprint density at radius 3 is 3.12 bits per heavy atom. The molecule has 4 nitrogen and oxygen atoms in total. The minimum absolute atomic E-state index is 0.137. The molecule has 1 N–H and O–H groups in total. The van der Waals surface area contributed by atoms with Gasteiger partial charge in [0.15, 0.2) is 0 Å². The van der Waals surface area contributed by atoms with Crippen molar-refractivity contribution in [2.24, 2.45) is 0 Å². The Hall–Kier alpha value is -1.55. The van der Waals surface area contributed by atoms with Crippen molar-refractivity contribution >= 4 is 5.97 Å². The lowest BCUT2D eigenvalue weighted by molar-refractivity contribution is -0.146. The number of phenols is 1. The van der Waals surface area contributed by atoms with Gasteiger partial charge in [-0.15, -0.1) is 0 Å². The predicted octanol–water partition coefficient (Wildman–Crippen LogP) is 1.53. The summed E-state index contributed by atoms with van der Waals surface area (Å²) in [6.07, 6.45) is 1.87. The van der Waals surface area contributed by atoms with Crippen LogP contribution in [0.25, 0.3) is 0 Å². The van der Waals surface area contributed by atoms with E-state index in [4.69, 9.17) is 4.74 Å². The molecule has 92 valence electrons. The average molecular weight is 235 g/mol. The number of hydrogen-bond acceptors (Lipinski definition) is 4. The van der Waals surface area contributed by atoms with E-state index in [1.54, 1.807) is 12.1 Å². The highest BCUT2D eigenvalue weighted by Gasteiger charge is 2.31. The Bertz CT molecular complexity index is 405. The molecule has 1 fully saturated rings. The molecule has 1 aromatic carbocycles. The molecule has 1 aliphatic heterocycles. The first-order valence-electron chi connectivity index (χ1n) is 5.80. The Labute approximate surface area is 101 Å². The number of likely N-dealkylation sites (tertiary alicyclic amines) is 1. The second-order valence-corrected chi connectivity index (χ2v) is 4.32. The molecule has 2 rings (SSSR count). The maximum atomic E-state index is 11.6. The number of nitrogens with zero attached hydrogens (tertiary/aromatic N) is 1. The van der Waals surface area contributed by atoms with Gasteiger partial charge in [0.05, 0.1) is 7.11 Å². The number of ether oxygens (including phenoxy) is 1. The maximum Gasteiger partial charge on any atom is 0.323 e. The van der Waals surface area contributed by atoms with Gasteiger partial charge < -0.3 is 9.84 Å². The van der Waals surface area contributed by atoms with Crippen LogP contribution >= 0.6 is 0 Å². The minimum atomic E-state index is -0.164. The zero-order valence-electron chi connectivity index (χ0n) is 9.93. The fourth-order valence-corrected chi connectivity index (χ4v) is 2.31. The van der Waals surface area contributed by atoms with Crippen molar-refractivity contribution in [2.45, 2.75) is 25.4 Å². The van der Waals surface area contributed by atoms with Crippen LogP contribution in [0.3, 0.4) is 0 Å². The topological polar surface area (TPSA) is 49.8 Å². The van der Waals surface area contributed by atoms with Gasteiger partial charge in [0, 0.05) is 6.54 Å². The van der Waals surface area contributed by atoms with Crippen LogP contribution in [0.1, 0.15) is 18.4 Å². The molecule has 0 aromatic heterocycles. The molecule has 0 bridgehead atoms. The number of hydrogen-bond donors (Lipinski definition) is 1. The molecule has 1 heterocycles. The Morgan fingerprint density at radius 2 is 2.41 bits per heavy atom. The number of phenolic OH excluding ortho intramolecular Hbond substituents is 1. The number of rotatable bonds is 3. The molecule has 0 amide bonds. The first-order chi connectivity index (χ1) is 8.20. The maximum absolute atomic E-state index is 11.6. The van der Waals surface area contributed by atoms with Crippen LogP contribution < -0.4 is 0 Å². The molecular formula is C13H17NO3. The summed E-state index contributed by atoms with van der Waals surface area (Å²) >= 11 is 0. The number of benzene rings is 1. The number of aromatic hydroxyl groups is 1. The SMILES string of the molecule is COC(=O)C1CCCN1Cc1cccc(O)c1. The van der Waals surface area contributed by atoms with Crippen molar-refractivity contribution in [1.29, 1.82) is 0 Å². The van der Waals surface area contributed by atoms with E-state index in [9.17, 15) is 9.90 Å². The van der Waals surface area contributed by atoms with Crippen molar-refractivity contribution in [1.82, 2.24) is 4.90 Å². The highest BCUT2D eigenvalue weighted by Crippen LogP contribution is 2.22. The van der Waals surface area contributed by atoms with Gasteiger partial charge in [-0.2, -0.15) is 0 Å². The van der Waals surface area contributed by atoms with E-state index in [1.807, 2.05) is 12.1 Å². The van der Waals surface area contributed by atoms with Gasteiger partial charge in [-0.1, -0.05) is 12.1 Å². The fraction of sp³-hybridized carbons (Fsp3) is 0.462. The predicted molar refractivity (Wildman–Crippen MR) is 63.6 cm³/mol. The zero-order chi connectivity index (χ0) is 12.3. The van der Waals surface area contributed by atoms with Gasteiger partial charge >= 0.3 is 5.97 Å². The second kappa shape index (κ2) is 5.19. The molecule has 17 heavy (non-hydrogen) atoms. The molecule has 4 heteroatoms. The molecule has 0 saturated carbocycles. The Balaban J connectivity index is 2.05. The summed E-state index contributed by atoms with van der Waals surface area (Å²) in [5, 5.41) is 9.40. The minimum Gasteiger partial charge on any atom is -0.508 e. The summed E-state index contributed by atoms with van der Waals surface area (Å²) in [7, 11) is 1.42. The molecule has 1 atom stereocenters. The quantitative estimate of drug-likeness (QED) is 0.807. The van der Waals surface area contributed by atoms with E-state index >= 15 is 0 Å². The van der Waals surface area contributed by atoms with Crippen molar-refractivity contribution in [3.8, 4) is 5.75 Å². The lowest BCUT2D eigenvalue weighted by atomic mass is 10.2. The molecule has 1 aliphatic rings. The van der Waals surface area contributed by atoms with E-state index in [0.29, 0.717) is 6.54 Å². The van der Waals surface area contributed by atoms with Crippen LogP contribution in [-0.2, 0) is 16.1 Å². The van der Waals surface area contributed by atoms with Crippen LogP contribution in [0.5, 0.6) is 5.75 Å². The van der Waals surface area contributed by atoms with Crippen molar-refractivity contribution in [2.75, 3.05) is 13.7 Å². The normalized spacial score (nSPS) is 20.4. The summed E-state index contributed by atoms with van der Waals surface area (Å²) in [5.41, 5.74) is 1.01. The lowest BCUT2D eigenvalue weighted by Crippen LogP contribution is -2.36. The summed E-state index contributed by atoms with van der Waals surface area (Å²) in [4.78, 5) is 13.7. The summed E-state index contributed by atoms with van der Waals surface area (Å²) in [5.74, 6) is 0.0963. The highest BCUT2D eigenvalue weighted by molar-refractivity contribution is 5.75. The summed E-state index contributed by atoms with van der Waals surface area (Å²) < 4.78 is 4.80. The van der Waals surface area contributed by atoms with Gasteiger partial charge in [-0.25, -0.2) is 0 Å². The standard InChI is InChI=1S/C13H17NO3/c1-17-13(16)12-6-3-7-14(12)9-10-4-2-5-11(15)8-10/h2,4-5,8,12,15H,3,6-7,9H2,1H3. The van der Waals surface area contributed by atoms with Crippen molar-refractivity contribution in [3.63, 3.8) is 0 Å². The number of carbonyl (C=O) groups excluding carboxylic acids is 1. The molecule has 1 aromatic rings. The second-order valence-electron chi connectivity index (χ2n) is 4.32. The third kappa shape index (κ3) is 2.77. The molecule has 0 aliphatic carbocycles. The van der Waals surface area contributed by atoms with E-state index in [-0.39, 0.29) is 17.8 Å². The molecule has 0 spiro atoms. The Morgan fingerprint density at radius 1 is 1.59 bits per heavy atom. The van der Waals surface area contributed by atoms with E-state index < -0.39 is 0 Å². The summed E-state index contributed by atoms with van der Waals surface area (Å²) in [6, 6.07) is 7.00. The van der Waals surface area contributed by atoms with E-state index in [1.165, 1.54) is 7.11 Å². The first kappa shape index (κ1) is 11.9. The van der Waals surface area contributed by atoms with Crippen LogP contribution in [0.4, 0.5) is 0 Å². The summed E-state index contributed by atoms with van der Waals surface area (Å²) in [6.45, 7) is 1.57.